The number of phenolic OH excluding ortho intramolecular Hbond substituents is 1. The van der Waals surface area contributed by atoms with Crippen LogP contribution < -0.4 is 5.32 Å². The molecular formula is C14H16N2OS. The van der Waals surface area contributed by atoms with Gasteiger partial charge in [0.05, 0.1) is 5.69 Å². The van der Waals surface area contributed by atoms with E-state index in [1.54, 1.807) is 23.5 Å². The second-order valence-electron chi connectivity index (χ2n) is 4.73. The molecule has 2 N–H and O–H groups in total. The Bertz CT molecular complexity index is 561. The van der Waals surface area contributed by atoms with E-state index in [2.05, 4.69) is 10.3 Å². The molecule has 18 heavy (non-hydrogen) atoms. The number of aromatic hydroxyl groups is 1. The lowest BCUT2D eigenvalue weighted by molar-refractivity contribution is 0.475. The molecule has 1 aliphatic rings. The summed E-state index contributed by atoms with van der Waals surface area (Å²) in [5.41, 5.74) is 2.08. The van der Waals surface area contributed by atoms with Gasteiger partial charge in [-0.3, -0.25) is 0 Å². The van der Waals surface area contributed by atoms with Gasteiger partial charge in [-0.05, 0) is 31.9 Å². The fraction of sp³-hybridized carbons (Fsp3) is 0.357. The van der Waals surface area contributed by atoms with Crippen molar-refractivity contribution in [3.05, 3.63) is 34.8 Å². The highest BCUT2D eigenvalue weighted by Crippen LogP contribution is 2.30. The van der Waals surface area contributed by atoms with Crippen LogP contribution in [0.1, 0.15) is 23.4 Å². The zero-order valence-corrected chi connectivity index (χ0v) is 11.1. The molecule has 1 aliphatic carbocycles. The van der Waals surface area contributed by atoms with Gasteiger partial charge >= 0.3 is 0 Å². The first-order valence-electron chi connectivity index (χ1n) is 6.21. The molecule has 0 amide bonds. The smallest absolute Gasteiger partial charge is 0.124 e. The summed E-state index contributed by atoms with van der Waals surface area (Å²) >= 11 is 1.71. The number of aryl methyl sites for hydroxylation is 1. The minimum Gasteiger partial charge on any atom is -0.508 e. The number of hydrogen-bond acceptors (Lipinski definition) is 4. The standard InChI is InChI=1S/C14H16N2OS/c1-9-13(8-15-11-5-6-11)18-14(16-9)10-3-2-4-12(17)7-10/h2-4,7,11,15,17H,5-6,8H2,1H3. The van der Waals surface area contributed by atoms with Crippen molar-refractivity contribution in [1.82, 2.24) is 10.3 Å². The van der Waals surface area contributed by atoms with E-state index in [1.165, 1.54) is 17.7 Å². The molecule has 1 fully saturated rings. The molecule has 1 saturated carbocycles. The van der Waals surface area contributed by atoms with Crippen molar-refractivity contribution in [1.29, 1.82) is 0 Å². The normalized spacial score (nSPS) is 14.9. The Morgan fingerprint density at radius 2 is 2.28 bits per heavy atom. The van der Waals surface area contributed by atoms with Crippen molar-refractivity contribution in [3.8, 4) is 16.3 Å². The van der Waals surface area contributed by atoms with Crippen LogP contribution in [0.3, 0.4) is 0 Å². The van der Waals surface area contributed by atoms with Crippen LogP contribution in [0.25, 0.3) is 10.6 Å². The van der Waals surface area contributed by atoms with Crippen LogP contribution >= 0.6 is 11.3 Å². The summed E-state index contributed by atoms with van der Waals surface area (Å²) in [6, 6.07) is 7.99. The van der Waals surface area contributed by atoms with Gasteiger partial charge < -0.3 is 10.4 Å². The van der Waals surface area contributed by atoms with E-state index >= 15 is 0 Å². The molecule has 0 atom stereocenters. The lowest BCUT2D eigenvalue weighted by atomic mass is 10.2. The molecule has 2 aromatic rings. The first kappa shape index (κ1) is 11.7. The number of nitrogens with one attached hydrogen (secondary N) is 1. The molecule has 0 radical (unpaired) electrons. The average molecular weight is 260 g/mol. The molecule has 3 rings (SSSR count). The quantitative estimate of drug-likeness (QED) is 0.888. The first-order valence-corrected chi connectivity index (χ1v) is 7.03. The fourth-order valence-corrected chi connectivity index (χ4v) is 2.89. The Kier molecular flexibility index (Phi) is 3.06. The van der Waals surface area contributed by atoms with E-state index in [0.29, 0.717) is 0 Å². The zero-order valence-electron chi connectivity index (χ0n) is 10.3. The lowest BCUT2D eigenvalue weighted by Crippen LogP contribution is -2.14. The highest BCUT2D eigenvalue weighted by molar-refractivity contribution is 7.15. The van der Waals surface area contributed by atoms with Crippen molar-refractivity contribution in [2.45, 2.75) is 32.4 Å². The Balaban J connectivity index is 1.82. The second kappa shape index (κ2) is 4.71. The topological polar surface area (TPSA) is 45.2 Å². The van der Waals surface area contributed by atoms with Crippen LogP contribution in [0.5, 0.6) is 5.75 Å². The van der Waals surface area contributed by atoms with E-state index in [1.807, 2.05) is 19.1 Å². The summed E-state index contributed by atoms with van der Waals surface area (Å²) in [6.07, 6.45) is 2.61. The average Bonchev–Trinajstić information content (AvgIpc) is 3.10. The van der Waals surface area contributed by atoms with E-state index < -0.39 is 0 Å². The van der Waals surface area contributed by atoms with Gasteiger partial charge in [-0.15, -0.1) is 11.3 Å². The summed E-state index contributed by atoms with van der Waals surface area (Å²) in [4.78, 5) is 5.88. The summed E-state index contributed by atoms with van der Waals surface area (Å²) in [5, 5.41) is 14.0. The molecule has 0 saturated heterocycles. The third-order valence-electron chi connectivity index (χ3n) is 3.11. The molecule has 4 heteroatoms. The van der Waals surface area contributed by atoms with Crippen molar-refractivity contribution in [2.24, 2.45) is 0 Å². The molecule has 1 aromatic heterocycles. The Morgan fingerprint density at radius 1 is 1.44 bits per heavy atom. The first-order chi connectivity index (χ1) is 8.72. The number of benzene rings is 1. The molecular weight excluding hydrogens is 244 g/mol. The van der Waals surface area contributed by atoms with Crippen LogP contribution in [0.4, 0.5) is 0 Å². The summed E-state index contributed by atoms with van der Waals surface area (Å²) < 4.78 is 0. The summed E-state index contributed by atoms with van der Waals surface area (Å²) in [6.45, 7) is 2.96. The minimum atomic E-state index is 0.290. The predicted octanol–water partition coefficient (Wildman–Crippen LogP) is 3.08. The van der Waals surface area contributed by atoms with E-state index in [9.17, 15) is 5.11 Å². The van der Waals surface area contributed by atoms with E-state index in [4.69, 9.17) is 0 Å². The van der Waals surface area contributed by atoms with Crippen LogP contribution in [0.2, 0.25) is 0 Å². The second-order valence-corrected chi connectivity index (χ2v) is 5.82. The Morgan fingerprint density at radius 3 is 3.00 bits per heavy atom. The van der Waals surface area contributed by atoms with Gasteiger partial charge in [0.1, 0.15) is 10.8 Å². The van der Waals surface area contributed by atoms with Gasteiger partial charge in [-0.2, -0.15) is 0 Å². The Hall–Kier alpha value is -1.39. The van der Waals surface area contributed by atoms with Gasteiger partial charge in [0.15, 0.2) is 0 Å². The zero-order chi connectivity index (χ0) is 12.5. The molecule has 3 nitrogen and oxygen atoms in total. The monoisotopic (exact) mass is 260 g/mol. The number of nitrogens with zero attached hydrogens (tertiary/aromatic N) is 1. The number of aromatic nitrogens is 1. The number of rotatable bonds is 4. The van der Waals surface area contributed by atoms with Crippen molar-refractivity contribution in [2.75, 3.05) is 0 Å². The third-order valence-corrected chi connectivity index (χ3v) is 4.32. The highest BCUT2D eigenvalue weighted by Gasteiger charge is 2.21. The molecule has 1 aromatic carbocycles. The van der Waals surface area contributed by atoms with Crippen LogP contribution in [-0.2, 0) is 6.54 Å². The van der Waals surface area contributed by atoms with Gasteiger partial charge in [0.2, 0.25) is 0 Å². The van der Waals surface area contributed by atoms with Crippen LogP contribution in [0, 0.1) is 6.92 Å². The van der Waals surface area contributed by atoms with E-state index in [0.717, 1.165) is 28.9 Å². The summed E-state index contributed by atoms with van der Waals surface area (Å²) in [5.74, 6) is 0.290. The van der Waals surface area contributed by atoms with Gasteiger partial charge in [-0.1, -0.05) is 12.1 Å². The van der Waals surface area contributed by atoms with Crippen LogP contribution in [-0.4, -0.2) is 16.1 Å². The van der Waals surface area contributed by atoms with Crippen molar-refractivity contribution in [3.63, 3.8) is 0 Å². The van der Waals surface area contributed by atoms with Crippen molar-refractivity contribution >= 4 is 11.3 Å². The lowest BCUT2D eigenvalue weighted by Gasteiger charge is -1.99. The molecule has 0 unspecified atom stereocenters. The van der Waals surface area contributed by atoms with Gasteiger partial charge in [0.25, 0.3) is 0 Å². The number of thiazole rings is 1. The number of hydrogen-bond donors (Lipinski definition) is 2. The van der Waals surface area contributed by atoms with Crippen molar-refractivity contribution < 1.29 is 5.11 Å². The van der Waals surface area contributed by atoms with Gasteiger partial charge in [0, 0.05) is 23.0 Å². The number of phenols is 1. The largest absolute Gasteiger partial charge is 0.508 e. The molecule has 0 aliphatic heterocycles. The maximum Gasteiger partial charge on any atom is 0.124 e. The maximum absolute atomic E-state index is 9.50. The van der Waals surface area contributed by atoms with E-state index in [-0.39, 0.29) is 5.75 Å². The molecule has 0 bridgehead atoms. The third kappa shape index (κ3) is 2.54. The van der Waals surface area contributed by atoms with Gasteiger partial charge in [-0.25, -0.2) is 4.98 Å². The molecule has 94 valence electrons. The fourth-order valence-electron chi connectivity index (χ4n) is 1.88. The molecule has 1 heterocycles. The highest BCUT2D eigenvalue weighted by atomic mass is 32.1. The SMILES string of the molecule is Cc1nc(-c2cccc(O)c2)sc1CNC1CC1. The van der Waals surface area contributed by atoms with Crippen LogP contribution in [0.15, 0.2) is 24.3 Å². The predicted molar refractivity (Wildman–Crippen MR) is 73.8 cm³/mol. The Labute approximate surface area is 111 Å². The maximum atomic E-state index is 9.50. The molecule has 0 spiro atoms. The summed E-state index contributed by atoms with van der Waals surface area (Å²) in [7, 11) is 0. The minimum absolute atomic E-state index is 0.290.